The molecule has 0 heterocycles. The van der Waals surface area contributed by atoms with Crippen LogP contribution in [0.3, 0.4) is 0 Å². The topological polar surface area (TPSA) is 52.0 Å². The van der Waals surface area contributed by atoms with Crippen LogP contribution in [0.4, 0.5) is 0 Å². The summed E-state index contributed by atoms with van der Waals surface area (Å²) in [5.41, 5.74) is 14.7. The lowest BCUT2D eigenvalue weighted by molar-refractivity contribution is 0.395. The number of nitrogens with two attached hydrogens (primary N) is 2. The van der Waals surface area contributed by atoms with Crippen LogP contribution in [-0.4, -0.2) is 12.1 Å². The second-order valence-electron chi connectivity index (χ2n) is 8.04. The first-order valence-corrected chi connectivity index (χ1v) is 10.3. The van der Waals surface area contributed by atoms with Gasteiger partial charge >= 0.3 is 0 Å². The summed E-state index contributed by atoms with van der Waals surface area (Å²) >= 11 is 0. The molecule has 0 aliphatic heterocycles. The van der Waals surface area contributed by atoms with Crippen LogP contribution in [0.5, 0.6) is 0 Å². The van der Waals surface area contributed by atoms with Crippen molar-refractivity contribution >= 4 is 24.8 Å². The Hall–Kier alpha value is -1.06. The molecule has 0 radical (unpaired) electrons. The molecule has 2 aromatic rings. The Morgan fingerprint density at radius 3 is 1.04 bits per heavy atom. The molecule has 0 atom stereocenters. The van der Waals surface area contributed by atoms with Crippen molar-refractivity contribution in [3.8, 4) is 0 Å². The molecule has 0 unspecified atom stereocenters. The van der Waals surface area contributed by atoms with Gasteiger partial charge in [-0.05, 0) is 74.3 Å². The van der Waals surface area contributed by atoms with Gasteiger partial charge in [-0.2, -0.15) is 0 Å². The minimum atomic E-state index is 0. The van der Waals surface area contributed by atoms with Gasteiger partial charge in [0.15, 0.2) is 0 Å². The van der Waals surface area contributed by atoms with Gasteiger partial charge in [0, 0.05) is 12.1 Å². The number of hydrogen-bond acceptors (Lipinski definition) is 2. The summed E-state index contributed by atoms with van der Waals surface area (Å²) in [5, 5.41) is 0. The molecular formula is C24H36Cl2N2. The predicted molar refractivity (Wildman–Crippen MR) is 126 cm³/mol. The molecule has 4 rings (SSSR count). The largest absolute Gasteiger partial charge is 0.328 e. The molecular weight excluding hydrogens is 387 g/mol. The Bertz CT molecular complexity index is 562. The maximum absolute atomic E-state index is 5.88. The molecule has 0 saturated heterocycles. The van der Waals surface area contributed by atoms with Crippen molar-refractivity contribution in [3.63, 3.8) is 0 Å². The average molecular weight is 423 g/mol. The van der Waals surface area contributed by atoms with Crippen molar-refractivity contribution < 1.29 is 0 Å². The summed E-state index contributed by atoms with van der Waals surface area (Å²) in [5.74, 6) is 1.53. The van der Waals surface area contributed by atoms with Crippen molar-refractivity contribution in [1.82, 2.24) is 0 Å². The summed E-state index contributed by atoms with van der Waals surface area (Å²) in [6, 6.07) is 22.5. The van der Waals surface area contributed by atoms with Crippen molar-refractivity contribution in [2.45, 2.75) is 75.3 Å². The molecule has 0 bridgehead atoms. The van der Waals surface area contributed by atoms with Crippen LogP contribution in [0.15, 0.2) is 60.7 Å². The van der Waals surface area contributed by atoms with Crippen LogP contribution in [-0.2, 0) is 0 Å². The second kappa shape index (κ2) is 13.2. The van der Waals surface area contributed by atoms with Gasteiger partial charge < -0.3 is 11.5 Å². The van der Waals surface area contributed by atoms with E-state index in [0.29, 0.717) is 12.1 Å². The fourth-order valence-corrected chi connectivity index (χ4v) is 4.36. The van der Waals surface area contributed by atoms with Crippen LogP contribution < -0.4 is 11.5 Å². The number of halogens is 2. The van der Waals surface area contributed by atoms with Gasteiger partial charge in [-0.1, -0.05) is 60.7 Å². The molecule has 2 nitrogen and oxygen atoms in total. The van der Waals surface area contributed by atoms with Crippen LogP contribution in [0.1, 0.15) is 74.3 Å². The Morgan fingerprint density at radius 2 is 0.750 bits per heavy atom. The summed E-state index contributed by atoms with van der Waals surface area (Å²) in [6.07, 6.45) is 9.85. The van der Waals surface area contributed by atoms with Gasteiger partial charge in [0.2, 0.25) is 0 Å². The quantitative estimate of drug-likeness (QED) is 0.605. The van der Waals surface area contributed by atoms with E-state index in [2.05, 4.69) is 60.7 Å². The molecule has 2 saturated carbocycles. The average Bonchev–Trinajstić information content (AvgIpc) is 2.71. The zero-order chi connectivity index (χ0) is 18.2. The second-order valence-corrected chi connectivity index (χ2v) is 8.04. The van der Waals surface area contributed by atoms with E-state index in [1.165, 1.54) is 62.5 Å². The van der Waals surface area contributed by atoms with E-state index in [4.69, 9.17) is 11.5 Å². The molecule has 0 aromatic heterocycles. The van der Waals surface area contributed by atoms with Gasteiger partial charge in [0.1, 0.15) is 0 Å². The number of rotatable bonds is 2. The first-order valence-electron chi connectivity index (χ1n) is 10.3. The maximum atomic E-state index is 5.88. The number of hydrogen-bond donors (Lipinski definition) is 2. The third-order valence-electron chi connectivity index (χ3n) is 6.09. The predicted octanol–water partition coefficient (Wildman–Crippen LogP) is 6.19. The van der Waals surface area contributed by atoms with Crippen LogP contribution in [0.2, 0.25) is 0 Å². The van der Waals surface area contributed by atoms with Crippen molar-refractivity contribution in [2.24, 2.45) is 11.5 Å². The fourth-order valence-electron chi connectivity index (χ4n) is 4.36. The monoisotopic (exact) mass is 422 g/mol. The SMILES string of the molecule is Cl.Cl.NC1CCC(c2ccccc2)CC1.NC1CCC(c2ccccc2)CC1. The zero-order valence-electron chi connectivity index (χ0n) is 16.7. The van der Waals surface area contributed by atoms with Gasteiger partial charge in [0.05, 0.1) is 0 Å². The third-order valence-corrected chi connectivity index (χ3v) is 6.09. The minimum absolute atomic E-state index is 0. The van der Waals surface area contributed by atoms with E-state index in [0.717, 1.165) is 11.8 Å². The molecule has 0 amide bonds. The van der Waals surface area contributed by atoms with Gasteiger partial charge in [0.25, 0.3) is 0 Å². The minimum Gasteiger partial charge on any atom is -0.328 e. The summed E-state index contributed by atoms with van der Waals surface area (Å²) in [6.45, 7) is 0. The van der Waals surface area contributed by atoms with E-state index in [-0.39, 0.29) is 24.8 Å². The zero-order valence-corrected chi connectivity index (χ0v) is 18.3. The Morgan fingerprint density at radius 1 is 0.464 bits per heavy atom. The highest BCUT2D eigenvalue weighted by atomic mass is 35.5. The molecule has 28 heavy (non-hydrogen) atoms. The van der Waals surface area contributed by atoms with Gasteiger partial charge in [-0.3, -0.25) is 0 Å². The lowest BCUT2D eigenvalue weighted by atomic mass is 9.82. The smallest absolute Gasteiger partial charge is 0.00392 e. The van der Waals surface area contributed by atoms with Crippen LogP contribution in [0.25, 0.3) is 0 Å². The van der Waals surface area contributed by atoms with E-state index < -0.39 is 0 Å². The molecule has 4 heteroatoms. The highest BCUT2D eigenvalue weighted by Gasteiger charge is 2.20. The summed E-state index contributed by atoms with van der Waals surface area (Å²) < 4.78 is 0. The van der Waals surface area contributed by atoms with Crippen molar-refractivity contribution in [3.05, 3.63) is 71.8 Å². The molecule has 156 valence electrons. The molecule has 2 aromatic carbocycles. The highest BCUT2D eigenvalue weighted by Crippen LogP contribution is 2.32. The number of benzene rings is 2. The van der Waals surface area contributed by atoms with Crippen LogP contribution in [0, 0.1) is 0 Å². The maximum Gasteiger partial charge on any atom is 0.00392 e. The van der Waals surface area contributed by atoms with E-state index in [9.17, 15) is 0 Å². The highest BCUT2D eigenvalue weighted by molar-refractivity contribution is 5.85. The van der Waals surface area contributed by atoms with Gasteiger partial charge in [-0.25, -0.2) is 0 Å². The van der Waals surface area contributed by atoms with Gasteiger partial charge in [-0.15, -0.1) is 24.8 Å². The van der Waals surface area contributed by atoms with Crippen LogP contribution >= 0.6 is 24.8 Å². The lowest BCUT2D eigenvalue weighted by Crippen LogP contribution is -2.25. The Kier molecular flexibility index (Phi) is 11.8. The Balaban J connectivity index is 0.000000261. The van der Waals surface area contributed by atoms with E-state index in [1.807, 2.05) is 0 Å². The first-order chi connectivity index (χ1) is 12.7. The normalized spacial score (nSPS) is 26.6. The summed E-state index contributed by atoms with van der Waals surface area (Å²) in [7, 11) is 0. The van der Waals surface area contributed by atoms with Crippen molar-refractivity contribution in [1.29, 1.82) is 0 Å². The van der Waals surface area contributed by atoms with Crippen molar-refractivity contribution in [2.75, 3.05) is 0 Å². The first kappa shape index (κ1) is 25.0. The van der Waals surface area contributed by atoms with E-state index >= 15 is 0 Å². The molecule has 2 fully saturated rings. The van der Waals surface area contributed by atoms with E-state index in [1.54, 1.807) is 0 Å². The fraction of sp³-hybridized carbons (Fsp3) is 0.500. The molecule has 0 spiro atoms. The molecule has 2 aliphatic carbocycles. The summed E-state index contributed by atoms with van der Waals surface area (Å²) in [4.78, 5) is 0. The molecule has 2 aliphatic rings. The third kappa shape index (κ3) is 7.75. The standard InChI is InChI=1S/2C12H17N.2ClH/c2*13-12-8-6-11(7-9-12)10-4-2-1-3-5-10;;/h2*1-5,11-12H,6-9,13H2;2*1H. The Labute approximate surface area is 183 Å². The lowest BCUT2D eigenvalue weighted by Gasteiger charge is -2.26. The molecule has 4 N–H and O–H groups in total.